The summed E-state index contributed by atoms with van der Waals surface area (Å²) in [6, 6.07) is 4.25. The van der Waals surface area contributed by atoms with E-state index in [9.17, 15) is 31.2 Å². The molecule has 38 heavy (non-hydrogen) atoms. The van der Waals surface area contributed by atoms with Gasteiger partial charge in [0.05, 0.1) is 19.2 Å². The first-order valence-electron chi connectivity index (χ1n) is 10.5. The molecular weight excluding hydrogens is 559 g/mol. The Kier molecular flexibility index (Phi) is 7.97. The summed E-state index contributed by atoms with van der Waals surface area (Å²) < 4.78 is 85.5. The number of hydrogen-bond donors (Lipinski definition) is 1. The van der Waals surface area contributed by atoms with E-state index in [1.165, 1.54) is 40.3 Å². The molecule has 12 nitrogen and oxygen atoms in total. The number of ether oxygens (including phenoxy) is 3. The maximum atomic E-state index is 13.7. The summed E-state index contributed by atoms with van der Waals surface area (Å²) >= 11 is 5.98. The molecule has 0 spiro atoms. The highest BCUT2D eigenvalue weighted by atomic mass is 35.5. The van der Waals surface area contributed by atoms with Crippen LogP contribution in [-0.4, -0.2) is 54.0 Å². The van der Waals surface area contributed by atoms with Crippen LogP contribution in [0.1, 0.15) is 18.3 Å². The molecule has 1 amide bonds. The Morgan fingerprint density at radius 3 is 2.37 bits per heavy atom. The van der Waals surface area contributed by atoms with Crippen LogP contribution in [0.15, 0.2) is 34.0 Å². The Morgan fingerprint density at radius 2 is 1.84 bits per heavy atom. The quantitative estimate of drug-likeness (QED) is 0.425. The zero-order chi connectivity index (χ0) is 28.6. The number of sulfonamides is 1. The fourth-order valence-electron chi connectivity index (χ4n) is 3.06. The first-order chi connectivity index (χ1) is 17.6. The van der Waals surface area contributed by atoms with Gasteiger partial charge in [-0.3, -0.25) is 9.36 Å². The van der Waals surface area contributed by atoms with Crippen LogP contribution in [0, 0.1) is 6.92 Å². The summed E-state index contributed by atoms with van der Waals surface area (Å²) in [7, 11) is -0.717. The lowest BCUT2D eigenvalue weighted by atomic mass is 10.2. The fourth-order valence-corrected chi connectivity index (χ4v) is 4.52. The molecule has 17 heteroatoms. The van der Waals surface area contributed by atoms with Crippen LogP contribution in [0.2, 0.25) is 5.02 Å². The number of pyridine rings is 1. The van der Waals surface area contributed by atoms with Gasteiger partial charge in [-0.1, -0.05) is 11.6 Å². The van der Waals surface area contributed by atoms with Crippen molar-refractivity contribution in [3.05, 3.63) is 51.2 Å². The average Bonchev–Trinajstić information content (AvgIpc) is 3.10. The second-order valence-corrected chi connectivity index (χ2v) is 9.75. The maximum Gasteiger partial charge on any atom is 0.421 e. The van der Waals surface area contributed by atoms with E-state index in [1.807, 2.05) is 0 Å². The summed E-state index contributed by atoms with van der Waals surface area (Å²) in [5.74, 6) is -2.74. The van der Waals surface area contributed by atoms with Crippen LogP contribution in [0.3, 0.4) is 0 Å². The average molecular weight is 580 g/mol. The van der Waals surface area contributed by atoms with Crippen molar-refractivity contribution in [1.82, 2.24) is 24.1 Å². The molecule has 1 aromatic carbocycles. The molecule has 0 aliphatic rings. The number of carbonyl (C=O) groups excluding carboxylic acids is 1. The first kappa shape index (κ1) is 28.8. The minimum Gasteiger partial charge on any atom is -0.497 e. The smallest absolute Gasteiger partial charge is 0.421 e. The number of rotatable bonds is 8. The summed E-state index contributed by atoms with van der Waals surface area (Å²) in [4.78, 5) is 28.3. The van der Waals surface area contributed by atoms with Gasteiger partial charge in [0.2, 0.25) is 5.88 Å². The molecule has 0 saturated heterocycles. The van der Waals surface area contributed by atoms with Crippen molar-refractivity contribution in [2.24, 2.45) is 7.05 Å². The van der Waals surface area contributed by atoms with Crippen molar-refractivity contribution >= 4 is 27.5 Å². The third-order valence-corrected chi connectivity index (χ3v) is 6.83. The lowest BCUT2D eigenvalue weighted by molar-refractivity contribution is -0.141. The molecule has 206 valence electrons. The van der Waals surface area contributed by atoms with Crippen molar-refractivity contribution in [1.29, 1.82) is 0 Å². The molecule has 0 fully saturated rings. The predicted octanol–water partition coefficient (Wildman–Crippen LogP) is 2.24. The molecule has 3 rings (SSSR count). The topological polar surface area (TPSA) is 144 Å². The van der Waals surface area contributed by atoms with Gasteiger partial charge >= 0.3 is 11.9 Å². The molecule has 3 aromatic rings. The number of benzene rings is 1. The number of amides is 1. The van der Waals surface area contributed by atoms with Gasteiger partial charge in [0, 0.05) is 13.1 Å². The summed E-state index contributed by atoms with van der Waals surface area (Å²) in [5, 5.41) is 3.33. The molecule has 0 bridgehead atoms. The van der Waals surface area contributed by atoms with Gasteiger partial charge in [-0.15, -0.1) is 5.10 Å². The van der Waals surface area contributed by atoms with Gasteiger partial charge in [0.25, 0.3) is 15.9 Å². The normalized spacial score (nSPS) is 12.7. The number of nitrogens with one attached hydrogen (secondary N) is 1. The minimum atomic E-state index is -5.04. The van der Waals surface area contributed by atoms with Crippen molar-refractivity contribution in [3.63, 3.8) is 0 Å². The van der Waals surface area contributed by atoms with E-state index < -0.39 is 61.1 Å². The first-order valence-corrected chi connectivity index (χ1v) is 12.3. The zero-order valence-electron chi connectivity index (χ0n) is 20.5. The summed E-state index contributed by atoms with van der Waals surface area (Å²) in [6.45, 7) is 2.47. The van der Waals surface area contributed by atoms with E-state index in [-0.39, 0.29) is 17.3 Å². The van der Waals surface area contributed by atoms with E-state index in [0.29, 0.717) is 10.7 Å². The highest BCUT2D eigenvalue weighted by Crippen LogP contribution is 2.38. The number of methoxy groups -OCH3 is 2. The Balaban J connectivity index is 1.98. The van der Waals surface area contributed by atoms with Crippen LogP contribution < -0.4 is 24.6 Å². The van der Waals surface area contributed by atoms with Gasteiger partial charge in [0.1, 0.15) is 27.8 Å². The molecule has 0 aliphatic heterocycles. The molecule has 0 saturated carbocycles. The van der Waals surface area contributed by atoms with E-state index in [2.05, 4.69) is 10.1 Å². The summed E-state index contributed by atoms with van der Waals surface area (Å²) in [5.41, 5.74) is -2.23. The summed E-state index contributed by atoms with van der Waals surface area (Å²) in [6.07, 6.45) is -6.85. The van der Waals surface area contributed by atoms with Gasteiger partial charge in [-0.05, 0) is 32.0 Å². The van der Waals surface area contributed by atoms with E-state index in [4.69, 9.17) is 25.8 Å². The van der Waals surface area contributed by atoms with Gasteiger partial charge < -0.3 is 14.2 Å². The van der Waals surface area contributed by atoms with Crippen molar-refractivity contribution in [3.8, 4) is 23.2 Å². The Hall–Kier alpha value is -3.79. The lowest BCUT2D eigenvalue weighted by Gasteiger charge is -2.19. The molecule has 0 radical (unpaired) electrons. The number of alkyl halides is 3. The third-order valence-electron chi connectivity index (χ3n) is 5.18. The van der Waals surface area contributed by atoms with Crippen LogP contribution in [-0.2, 0) is 28.0 Å². The van der Waals surface area contributed by atoms with Gasteiger partial charge in [0.15, 0.2) is 11.9 Å². The van der Waals surface area contributed by atoms with E-state index in [0.717, 1.165) is 17.6 Å². The maximum absolute atomic E-state index is 13.7. The van der Waals surface area contributed by atoms with Crippen LogP contribution in [0.5, 0.6) is 17.4 Å². The molecule has 1 N–H and O–H groups in total. The number of hydrogen-bond acceptors (Lipinski definition) is 9. The van der Waals surface area contributed by atoms with Crippen LogP contribution in [0.25, 0.3) is 5.82 Å². The van der Waals surface area contributed by atoms with Crippen molar-refractivity contribution < 1.29 is 40.6 Å². The number of halogens is 4. The number of nitrogens with zero attached hydrogens (tertiary/aromatic N) is 4. The Bertz CT molecular complexity index is 1550. The highest BCUT2D eigenvalue weighted by molar-refractivity contribution is 7.90. The lowest BCUT2D eigenvalue weighted by Crippen LogP contribution is -2.40. The number of aromatic nitrogens is 4. The SMILES string of the molecule is COc1ccc(OC)c(S(=O)(=O)NC(=O)C(C)Oc2nc(-n3nc(C)n(C)c3=O)c(Cl)cc2C(F)(F)F)c1. The number of aryl methyl sites for hydroxylation is 1. The zero-order valence-corrected chi connectivity index (χ0v) is 22.0. The van der Waals surface area contributed by atoms with E-state index >= 15 is 0 Å². The standard InChI is InChI=1S/C21H21ClF3N5O7S/c1-10(18(31)28-38(33,34)16-8-12(35-4)6-7-15(16)36-5)37-19-13(21(23,24)25)9-14(22)17(26-19)30-20(32)29(3)11(2)27-30/h6-10H,1-5H3,(H,28,31). The number of carbonyl (C=O) groups is 1. The van der Waals surface area contributed by atoms with Crippen molar-refractivity contribution in [2.45, 2.75) is 31.0 Å². The Labute approximate surface area is 218 Å². The Morgan fingerprint density at radius 1 is 1.18 bits per heavy atom. The molecule has 1 atom stereocenters. The van der Waals surface area contributed by atoms with Gasteiger partial charge in [-0.25, -0.2) is 17.9 Å². The van der Waals surface area contributed by atoms with E-state index in [1.54, 1.807) is 4.72 Å². The van der Waals surface area contributed by atoms with Gasteiger partial charge in [-0.2, -0.15) is 22.8 Å². The van der Waals surface area contributed by atoms with Crippen LogP contribution in [0.4, 0.5) is 13.2 Å². The van der Waals surface area contributed by atoms with Crippen molar-refractivity contribution in [2.75, 3.05) is 14.2 Å². The third kappa shape index (κ3) is 5.70. The fraction of sp³-hybridized carbons (Fsp3) is 0.333. The highest BCUT2D eigenvalue weighted by Gasteiger charge is 2.38. The molecule has 0 aliphatic carbocycles. The molecule has 2 heterocycles. The minimum absolute atomic E-state index is 0.126. The molecular formula is C21H21ClF3N5O7S. The predicted molar refractivity (Wildman–Crippen MR) is 126 cm³/mol. The molecule has 2 aromatic heterocycles. The second kappa shape index (κ2) is 10.5. The largest absolute Gasteiger partial charge is 0.497 e. The molecule has 1 unspecified atom stereocenters. The van der Waals surface area contributed by atoms with Crippen LogP contribution >= 0.6 is 11.6 Å². The monoisotopic (exact) mass is 579 g/mol. The second-order valence-electron chi connectivity index (χ2n) is 7.69.